The number of rotatable bonds is 4. The van der Waals surface area contributed by atoms with Crippen molar-refractivity contribution in [2.75, 3.05) is 18.8 Å². The van der Waals surface area contributed by atoms with Gasteiger partial charge in [0.05, 0.1) is 0 Å². The first-order chi connectivity index (χ1) is 8.60. The monoisotopic (exact) mass is 250 g/mol. The highest BCUT2D eigenvalue weighted by molar-refractivity contribution is 5.95. The first-order valence-corrected chi connectivity index (χ1v) is 6.45. The van der Waals surface area contributed by atoms with Crippen molar-refractivity contribution in [3.05, 3.63) is 29.6 Å². The summed E-state index contributed by atoms with van der Waals surface area (Å²) in [5.41, 5.74) is 6.20. The molecule has 1 aromatic carbocycles. The van der Waals surface area contributed by atoms with Crippen molar-refractivity contribution in [3.8, 4) is 0 Å². The van der Waals surface area contributed by atoms with E-state index in [0.29, 0.717) is 18.0 Å². The number of nitrogen functional groups attached to an aromatic ring is 1. The molecule has 0 bridgehead atoms. The molecule has 1 fully saturated rings. The quantitative estimate of drug-likeness (QED) is 0.835. The minimum absolute atomic E-state index is 0.129. The fraction of sp³-hybridized carbons (Fsp3) is 0.500. The second-order valence-electron chi connectivity index (χ2n) is 4.91. The highest BCUT2D eigenvalue weighted by atomic mass is 19.1. The zero-order valence-corrected chi connectivity index (χ0v) is 10.7. The van der Waals surface area contributed by atoms with Crippen LogP contribution in [-0.2, 0) is 0 Å². The molecule has 2 rings (SSSR count). The lowest BCUT2D eigenvalue weighted by Gasteiger charge is -2.31. The van der Waals surface area contributed by atoms with Crippen LogP contribution < -0.4 is 5.73 Å². The van der Waals surface area contributed by atoms with E-state index in [4.69, 9.17) is 5.73 Å². The van der Waals surface area contributed by atoms with Gasteiger partial charge in [0.2, 0.25) is 0 Å². The Morgan fingerprint density at radius 1 is 1.44 bits per heavy atom. The smallest absolute Gasteiger partial charge is 0.254 e. The molecule has 0 heterocycles. The Kier molecular flexibility index (Phi) is 3.84. The lowest BCUT2D eigenvalue weighted by Crippen LogP contribution is -2.37. The van der Waals surface area contributed by atoms with Crippen LogP contribution in [0.4, 0.5) is 10.1 Å². The average Bonchev–Trinajstić information content (AvgIpc) is 2.26. The maximum atomic E-state index is 13.2. The van der Waals surface area contributed by atoms with E-state index in [1.807, 2.05) is 6.92 Å². The minimum atomic E-state index is -0.460. The van der Waals surface area contributed by atoms with Crippen LogP contribution in [0.3, 0.4) is 0 Å². The van der Waals surface area contributed by atoms with Gasteiger partial charge in [-0.2, -0.15) is 0 Å². The summed E-state index contributed by atoms with van der Waals surface area (Å²) in [6, 6.07) is 4.01. The summed E-state index contributed by atoms with van der Waals surface area (Å²) in [5, 5.41) is 0. The van der Waals surface area contributed by atoms with Crippen molar-refractivity contribution in [3.63, 3.8) is 0 Å². The Labute approximate surface area is 107 Å². The van der Waals surface area contributed by atoms with Crippen molar-refractivity contribution in [2.45, 2.75) is 26.2 Å². The lowest BCUT2D eigenvalue weighted by atomic mass is 9.85. The Morgan fingerprint density at radius 2 is 2.17 bits per heavy atom. The van der Waals surface area contributed by atoms with Crippen molar-refractivity contribution >= 4 is 11.6 Å². The number of nitrogens with two attached hydrogens (primary N) is 1. The molecule has 98 valence electrons. The van der Waals surface area contributed by atoms with E-state index in [0.717, 1.165) is 6.54 Å². The second kappa shape index (κ2) is 5.38. The molecule has 1 aliphatic carbocycles. The predicted molar refractivity (Wildman–Crippen MR) is 69.7 cm³/mol. The van der Waals surface area contributed by atoms with Crippen molar-refractivity contribution < 1.29 is 9.18 Å². The lowest BCUT2D eigenvalue weighted by molar-refractivity contribution is 0.0706. The van der Waals surface area contributed by atoms with Crippen molar-refractivity contribution in [1.82, 2.24) is 4.90 Å². The molecule has 1 aromatic rings. The number of carbonyl (C=O) groups is 1. The third-order valence-electron chi connectivity index (χ3n) is 3.54. The zero-order chi connectivity index (χ0) is 13.1. The van der Waals surface area contributed by atoms with E-state index in [1.165, 1.54) is 37.5 Å². The van der Waals surface area contributed by atoms with E-state index in [-0.39, 0.29) is 11.6 Å². The van der Waals surface area contributed by atoms with E-state index in [9.17, 15) is 9.18 Å². The maximum Gasteiger partial charge on any atom is 0.254 e. The first kappa shape index (κ1) is 12.9. The van der Waals surface area contributed by atoms with Gasteiger partial charge in [0.25, 0.3) is 5.91 Å². The Morgan fingerprint density at radius 3 is 2.67 bits per heavy atom. The molecule has 0 atom stereocenters. The van der Waals surface area contributed by atoms with Gasteiger partial charge in [-0.05, 0) is 43.9 Å². The Bertz CT molecular complexity index is 423. The van der Waals surface area contributed by atoms with Crippen LogP contribution in [0.25, 0.3) is 0 Å². The summed E-state index contributed by atoms with van der Waals surface area (Å²) in [7, 11) is 0. The van der Waals surface area contributed by atoms with Gasteiger partial charge >= 0.3 is 0 Å². The molecule has 0 unspecified atom stereocenters. The third-order valence-corrected chi connectivity index (χ3v) is 3.54. The summed E-state index contributed by atoms with van der Waals surface area (Å²) in [6.07, 6.45) is 3.63. The summed E-state index contributed by atoms with van der Waals surface area (Å²) in [6.45, 7) is 3.36. The Balaban J connectivity index is 2.11. The molecule has 0 aromatic heterocycles. The van der Waals surface area contributed by atoms with E-state index < -0.39 is 5.82 Å². The number of hydrogen-bond donors (Lipinski definition) is 1. The van der Waals surface area contributed by atoms with Crippen LogP contribution >= 0.6 is 0 Å². The number of carbonyl (C=O) groups excluding carboxylic acids is 1. The molecule has 0 saturated heterocycles. The summed E-state index contributed by atoms with van der Waals surface area (Å²) >= 11 is 0. The molecule has 4 heteroatoms. The van der Waals surface area contributed by atoms with Crippen molar-refractivity contribution in [1.29, 1.82) is 0 Å². The molecule has 1 saturated carbocycles. The van der Waals surface area contributed by atoms with Gasteiger partial charge in [0.15, 0.2) is 0 Å². The number of amides is 1. The summed E-state index contributed by atoms with van der Waals surface area (Å²) in [5.74, 6) is 0.0217. The second-order valence-corrected chi connectivity index (χ2v) is 4.91. The van der Waals surface area contributed by atoms with Gasteiger partial charge in [0.1, 0.15) is 5.82 Å². The fourth-order valence-corrected chi connectivity index (χ4v) is 2.26. The van der Waals surface area contributed by atoms with Crippen LogP contribution in [0.15, 0.2) is 18.2 Å². The Hall–Kier alpha value is -1.58. The maximum absolute atomic E-state index is 13.2. The van der Waals surface area contributed by atoms with Gasteiger partial charge < -0.3 is 10.6 Å². The van der Waals surface area contributed by atoms with Gasteiger partial charge in [-0.1, -0.05) is 6.42 Å². The molecule has 0 spiro atoms. The topological polar surface area (TPSA) is 46.3 Å². The third kappa shape index (κ3) is 2.81. The highest BCUT2D eigenvalue weighted by Crippen LogP contribution is 2.27. The first-order valence-electron chi connectivity index (χ1n) is 6.45. The molecular formula is C14H19FN2O. The van der Waals surface area contributed by atoms with Gasteiger partial charge in [-0.15, -0.1) is 0 Å². The zero-order valence-electron chi connectivity index (χ0n) is 10.7. The van der Waals surface area contributed by atoms with E-state index in [1.54, 1.807) is 4.90 Å². The molecule has 1 aliphatic rings. The van der Waals surface area contributed by atoms with Crippen LogP contribution in [0, 0.1) is 11.7 Å². The molecule has 2 N–H and O–H groups in total. The highest BCUT2D eigenvalue weighted by Gasteiger charge is 2.23. The normalized spacial score (nSPS) is 15.2. The van der Waals surface area contributed by atoms with E-state index >= 15 is 0 Å². The van der Waals surface area contributed by atoms with Crippen LogP contribution in [0.2, 0.25) is 0 Å². The standard InChI is InChI=1S/C14H19FN2O/c1-2-17(9-10-4-3-5-10)14(18)11-6-12(15)8-13(16)7-11/h6-8,10H,2-5,9,16H2,1H3. The van der Waals surface area contributed by atoms with Crippen LogP contribution in [0.5, 0.6) is 0 Å². The molecule has 0 radical (unpaired) electrons. The van der Waals surface area contributed by atoms with Gasteiger partial charge in [-0.25, -0.2) is 4.39 Å². The number of anilines is 1. The minimum Gasteiger partial charge on any atom is -0.399 e. The number of nitrogens with zero attached hydrogens (tertiary/aromatic N) is 1. The summed E-state index contributed by atoms with van der Waals surface area (Å²) < 4.78 is 13.2. The van der Waals surface area contributed by atoms with Crippen molar-refractivity contribution in [2.24, 2.45) is 5.92 Å². The fourth-order valence-electron chi connectivity index (χ4n) is 2.26. The molecule has 18 heavy (non-hydrogen) atoms. The van der Waals surface area contributed by atoms with Gasteiger partial charge in [0, 0.05) is 24.3 Å². The number of hydrogen-bond acceptors (Lipinski definition) is 2. The van der Waals surface area contributed by atoms with E-state index in [2.05, 4.69) is 0 Å². The molecule has 3 nitrogen and oxygen atoms in total. The summed E-state index contributed by atoms with van der Waals surface area (Å²) in [4.78, 5) is 14.0. The number of halogens is 1. The van der Waals surface area contributed by atoms with Crippen LogP contribution in [-0.4, -0.2) is 23.9 Å². The van der Waals surface area contributed by atoms with Gasteiger partial charge in [-0.3, -0.25) is 4.79 Å². The molecule has 0 aliphatic heterocycles. The average molecular weight is 250 g/mol. The predicted octanol–water partition coefficient (Wildman–Crippen LogP) is 2.67. The molecular weight excluding hydrogens is 231 g/mol. The van der Waals surface area contributed by atoms with Crippen LogP contribution in [0.1, 0.15) is 36.5 Å². The SMILES string of the molecule is CCN(CC1CCC1)C(=O)c1cc(N)cc(F)c1. The largest absolute Gasteiger partial charge is 0.399 e. The molecule has 1 amide bonds. The number of benzene rings is 1.